The number of H-pyrrole nitrogens is 2. The molecule has 0 aliphatic rings. The first-order valence-electron chi connectivity index (χ1n) is 8.78. The Hall–Kier alpha value is -3.35. The summed E-state index contributed by atoms with van der Waals surface area (Å²) in [5, 5.41) is 5.62. The Morgan fingerprint density at radius 1 is 1.00 bits per heavy atom. The van der Waals surface area contributed by atoms with Gasteiger partial charge < -0.3 is 20.6 Å². The van der Waals surface area contributed by atoms with Crippen LogP contribution < -0.4 is 16.3 Å². The Morgan fingerprint density at radius 3 is 2.41 bits per heavy atom. The highest BCUT2D eigenvalue weighted by Gasteiger charge is 2.24. The van der Waals surface area contributed by atoms with E-state index < -0.39 is 6.04 Å². The summed E-state index contributed by atoms with van der Waals surface area (Å²) in [5.41, 5.74) is 2.40. The molecule has 0 saturated carbocycles. The second-order valence-electron chi connectivity index (χ2n) is 6.78. The maximum atomic E-state index is 12.7. The third kappa shape index (κ3) is 4.63. The third-order valence-corrected chi connectivity index (χ3v) is 4.26. The molecule has 0 fully saturated rings. The highest BCUT2D eigenvalue weighted by atomic mass is 16.2. The summed E-state index contributed by atoms with van der Waals surface area (Å²) in [6.07, 6.45) is 0.216. The zero-order chi connectivity index (χ0) is 19.4. The molecule has 1 atom stereocenters. The quantitative estimate of drug-likeness (QED) is 0.537. The number of carbonyl (C=O) groups is 2. The molecule has 7 nitrogen and oxygen atoms in total. The first-order chi connectivity index (χ1) is 12.9. The SMILES string of the molecule is CC(C)C(NC(=O)Cc1ccccc1)C(=O)Nc1ccc2[nH]c(=O)[nH]c2c1. The van der Waals surface area contributed by atoms with Gasteiger partial charge in [0, 0.05) is 5.69 Å². The van der Waals surface area contributed by atoms with E-state index >= 15 is 0 Å². The van der Waals surface area contributed by atoms with E-state index in [4.69, 9.17) is 0 Å². The molecule has 0 radical (unpaired) electrons. The number of hydrogen-bond acceptors (Lipinski definition) is 3. The molecule has 140 valence electrons. The molecule has 1 unspecified atom stereocenters. The van der Waals surface area contributed by atoms with E-state index in [-0.39, 0.29) is 29.8 Å². The van der Waals surface area contributed by atoms with Crippen molar-refractivity contribution in [3.05, 3.63) is 64.6 Å². The fraction of sp³-hybridized carbons (Fsp3) is 0.250. The van der Waals surface area contributed by atoms with Gasteiger partial charge in [0.05, 0.1) is 17.5 Å². The van der Waals surface area contributed by atoms with Crippen LogP contribution in [0.2, 0.25) is 0 Å². The van der Waals surface area contributed by atoms with Gasteiger partial charge in [0.2, 0.25) is 11.8 Å². The molecule has 0 saturated heterocycles. The minimum atomic E-state index is -0.665. The molecule has 1 heterocycles. The second kappa shape index (κ2) is 7.90. The number of benzene rings is 2. The number of amides is 2. The maximum Gasteiger partial charge on any atom is 0.323 e. The zero-order valence-electron chi connectivity index (χ0n) is 15.2. The Bertz CT molecular complexity index is 1000. The summed E-state index contributed by atoms with van der Waals surface area (Å²) in [7, 11) is 0. The van der Waals surface area contributed by atoms with Crippen molar-refractivity contribution >= 4 is 28.5 Å². The van der Waals surface area contributed by atoms with E-state index in [1.165, 1.54) is 0 Å². The molecule has 0 aliphatic heterocycles. The summed E-state index contributed by atoms with van der Waals surface area (Å²) < 4.78 is 0. The number of aromatic nitrogens is 2. The summed E-state index contributed by atoms with van der Waals surface area (Å²) in [6, 6.07) is 13.8. The largest absolute Gasteiger partial charge is 0.344 e. The van der Waals surface area contributed by atoms with E-state index in [1.54, 1.807) is 18.2 Å². The van der Waals surface area contributed by atoms with Crippen molar-refractivity contribution in [1.29, 1.82) is 0 Å². The van der Waals surface area contributed by atoms with Gasteiger partial charge in [-0.25, -0.2) is 4.79 Å². The number of imidazole rings is 1. The van der Waals surface area contributed by atoms with Crippen molar-refractivity contribution in [2.75, 3.05) is 5.32 Å². The fourth-order valence-corrected chi connectivity index (χ4v) is 2.87. The van der Waals surface area contributed by atoms with Crippen molar-refractivity contribution in [1.82, 2.24) is 15.3 Å². The van der Waals surface area contributed by atoms with Crippen molar-refractivity contribution in [3.8, 4) is 0 Å². The van der Waals surface area contributed by atoms with E-state index in [0.29, 0.717) is 16.7 Å². The van der Waals surface area contributed by atoms with Crippen LogP contribution in [0.4, 0.5) is 5.69 Å². The van der Waals surface area contributed by atoms with E-state index in [1.807, 2.05) is 44.2 Å². The minimum absolute atomic E-state index is 0.0829. The lowest BCUT2D eigenvalue weighted by molar-refractivity contribution is -0.127. The summed E-state index contributed by atoms with van der Waals surface area (Å²) >= 11 is 0. The normalized spacial score (nSPS) is 12.1. The lowest BCUT2D eigenvalue weighted by Crippen LogP contribution is -2.47. The second-order valence-corrected chi connectivity index (χ2v) is 6.78. The van der Waals surface area contributed by atoms with Gasteiger partial charge in [-0.3, -0.25) is 9.59 Å². The molecule has 7 heteroatoms. The number of nitrogens with one attached hydrogen (secondary N) is 4. The molecule has 3 aromatic rings. The molecule has 3 rings (SSSR count). The predicted octanol–water partition coefficient (Wildman–Crippen LogP) is 2.18. The molecule has 0 aliphatic carbocycles. The highest BCUT2D eigenvalue weighted by Crippen LogP contribution is 2.16. The van der Waals surface area contributed by atoms with Crippen LogP contribution in [-0.2, 0) is 16.0 Å². The average Bonchev–Trinajstić information content (AvgIpc) is 2.99. The van der Waals surface area contributed by atoms with E-state index in [0.717, 1.165) is 5.56 Å². The molecular weight excluding hydrogens is 344 g/mol. The van der Waals surface area contributed by atoms with Crippen molar-refractivity contribution in [2.24, 2.45) is 5.92 Å². The molecule has 2 aromatic carbocycles. The van der Waals surface area contributed by atoms with Crippen LogP contribution in [0.15, 0.2) is 53.3 Å². The monoisotopic (exact) mass is 366 g/mol. The summed E-state index contributed by atoms with van der Waals surface area (Å²) in [6.45, 7) is 3.75. The van der Waals surface area contributed by atoms with Crippen LogP contribution in [0.3, 0.4) is 0 Å². The van der Waals surface area contributed by atoms with E-state index in [2.05, 4.69) is 20.6 Å². The Morgan fingerprint density at radius 2 is 1.70 bits per heavy atom. The van der Waals surface area contributed by atoms with Gasteiger partial charge in [-0.15, -0.1) is 0 Å². The smallest absolute Gasteiger partial charge is 0.323 e. The Labute approximate surface area is 156 Å². The topological polar surface area (TPSA) is 107 Å². The Kier molecular flexibility index (Phi) is 5.40. The minimum Gasteiger partial charge on any atom is -0.344 e. The molecule has 4 N–H and O–H groups in total. The molecule has 1 aromatic heterocycles. The lowest BCUT2D eigenvalue weighted by atomic mass is 10.0. The first kappa shape index (κ1) is 18.4. The highest BCUT2D eigenvalue weighted by molar-refractivity contribution is 5.98. The third-order valence-electron chi connectivity index (χ3n) is 4.26. The lowest BCUT2D eigenvalue weighted by Gasteiger charge is -2.22. The zero-order valence-corrected chi connectivity index (χ0v) is 15.2. The van der Waals surface area contributed by atoms with Gasteiger partial charge in [-0.05, 0) is 29.7 Å². The van der Waals surface area contributed by atoms with Gasteiger partial charge >= 0.3 is 5.69 Å². The van der Waals surface area contributed by atoms with Gasteiger partial charge in [0.25, 0.3) is 0 Å². The standard InChI is InChI=1S/C20H22N4O3/c1-12(2)18(24-17(25)10-13-6-4-3-5-7-13)19(26)21-14-8-9-15-16(11-14)23-20(27)22-15/h3-9,11-12,18H,10H2,1-2H3,(H,21,26)(H,24,25)(H2,22,23,27). The van der Waals surface area contributed by atoms with Crippen LogP contribution in [-0.4, -0.2) is 27.8 Å². The van der Waals surface area contributed by atoms with Crippen LogP contribution in [0.25, 0.3) is 11.0 Å². The van der Waals surface area contributed by atoms with Crippen LogP contribution in [0.1, 0.15) is 19.4 Å². The molecule has 0 bridgehead atoms. The average molecular weight is 366 g/mol. The fourth-order valence-electron chi connectivity index (χ4n) is 2.87. The van der Waals surface area contributed by atoms with Crippen molar-refractivity contribution in [2.45, 2.75) is 26.3 Å². The van der Waals surface area contributed by atoms with Crippen LogP contribution in [0, 0.1) is 5.92 Å². The van der Waals surface area contributed by atoms with Crippen LogP contribution in [0.5, 0.6) is 0 Å². The van der Waals surface area contributed by atoms with E-state index in [9.17, 15) is 14.4 Å². The predicted molar refractivity (Wildman–Crippen MR) is 104 cm³/mol. The maximum absolute atomic E-state index is 12.7. The molecule has 27 heavy (non-hydrogen) atoms. The van der Waals surface area contributed by atoms with Crippen molar-refractivity contribution in [3.63, 3.8) is 0 Å². The molecule has 0 spiro atoms. The van der Waals surface area contributed by atoms with Gasteiger partial charge in [-0.1, -0.05) is 44.2 Å². The molecular formula is C20H22N4O3. The van der Waals surface area contributed by atoms with Gasteiger partial charge in [-0.2, -0.15) is 0 Å². The number of hydrogen-bond donors (Lipinski definition) is 4. The van der Waals surface area contributed by atoms with Crippen LogP contribution >= 0.6 is 0 Å². The number of fused-ring (bicyclic) bond motifs is 1. The number of anilines is 1. The van der Waals surface area contributed by atoms with Gasteiger partial charge in [0.1, 0.15) is 6.04 Å². The number of rotatable bonds is 6. The number of carbonyl (C=O) groups excluding carboxylic acids is 2. The van der Waals surface area contributed by atoms with Crippen molar-refractivity contribution < 1.29 is 9.59 Å². The van der Waals surface area contributed by atoms with Gasteiger partial charge in [0.15, 0.2) is 0 Å². The molecule has 2 amide bonds. The first-order valence-corrected chi connectivity index (χ1v) is 8.78. The summed E-state index contributed by atoms with van der Waals surface area (Å²) in [5.74, 6) is -0.593. The number of aromatic amines is 2. The Balaban J connectivity index is 1.68. The summed E-state index contributed by atoms with van der Waals surface area (Å²) in [4.78, 5) is 41.6.